The summed E-state index contributed by atoms with van der Waals surface area (Å²) in [5.41, 5.74) is -0.496. The first-order valence-electron chi connectivity index (χ1n) is 6.00. The molecule has 0 aromatic rings. The van der Waals surface area contributed by atoms with Gasteiger partial charge in [-0.3, -0.25) is 4.79 Å². The lowest BCUT2D eigenvalue weighted by Crippen LogP contribution is -2.40. The average molecular weight is 241 g/mol. The number of hydrogen-bond acceptors (Lipinski definition) is 3. The molecule has 0 unspecified atom stereocenters. The van der Waals surface area contributed by atoms with Gasteiger partial charge in [0.05, 0.1) is 5.92 Å². The molecule has 1 saturated carbocycles. The zero-order valence-corrected chi connectivity index (χ0v) is 10.5. The van der Waals surface area contributed by atoms with Gasteiger partial charge in [-0.05, 0) is 39.0 Å². The number of nitrogens with zero attached hydrogens (tertiary/aromatic N) is 1. The Morgan fingerprint density at radius 2 is 1.94 bits per heavy atom. The lowest BCUT2D eigenvalue weighted by Gasteiger charge is -2.29. The summed E-state index contributed by atoms with van der Waals surface area (Å²) >= 11 is 0. The van der Waals surface area contributed by atoms with Crippen LogP contribution in [0.15, 0.2) is 0 Å². The van der Waals surface area contributed by atoms with Gasteiger partial charge in [0.1, 0.15) is 5.60 Å². The number of amides is 1. The molecule has 2 rings (SSSR count). The number of ether oxygens (including phenoxy) is 1. The second kappa shape index (κ2) is 3.89. The van der Waals surface area contributed by atoms with Gasteiger partial charge in [-0.15, -0.1) is 0 Å². The summed E-state index contributed by atoms with van der Waals surface area (Å²) in [7, 11) is 0. The minimum Gasteiger partial charge on any atom is -0.481 e. The largest absolute Gasteiger partial charge is 0.481 e. The van der Waals surface area contributed by atoms with E-state index in [1.54, 1.807) is 4.90 Å². The molecule has 96 valence electrons. The predicted molar refractivity (Wildman–Crippen MR) is 60.5 cm³/mol. The standard InChI is InChI=1S/C12H19NO4/c1-12(2,3)17-11(16)13-5-4-7-8(6-13)9(7)10(14)15/h7-9H,4-6H2,1-3H3,(H,14,15)/t7-,8+,9-/m1/s1. The predicted octanol–water partition coefficient (Wildman–Crippen LogP) is 1.57. The summed E-state index contributed by atoms with van der Waals surface area (Å²) in [5.74, 6) is -0.576. The molecule has 2 fully saturated rings. The molecule has 5 heteroatoms. The second-order valence-electron chi connectivity index (χ2n) is 5.91. The Bertz CT molecular complexity index is 347. The number of rotatable bonds is 1. The van der Waals surface area contributed by atoms with E-state index in [-0.39, 0.29) is 23.8 Å². The molecule has 1 heterocycles. The van der Waals surface area contributed by atoms with Crippen LogP contribution in [0, 0.1) is 17.8 Å². The number of likely N-dealkylation sites (tertiary alicyclic amines) is 1. The Balaban J connectivity index is 1.90. The van der Waals surface area contributed by atoms with E-state index in [0.29, 0.717) is 13.1 Å². The monoisotopic (exact) mass is 241 g/mol. The van der Waals surface area contributed by atoms with Crippen LogP contribution < -0.4 is 0 Å². The summed E-state index contributed by atoms with van der Waals surface area (Å²) in [6, 6.07) is 0. The Morgan fingerprint density at radius 3 is 2.47 bits per heavy atom. The molecule has 1 amide bonds. The number of carbonyl (C=O) groups excluding carboxylic acids is 1. The van der Waals surface area contributed by atoms with Gasteiger partial charge in [-0.1, -0.05) is 0 Å². The fourth-order valence-corrected chi connectivity index (χ4v) is 2.60. The lowest BCUT2D eigenvalue weighted by atomic mass is 10.1. The van der Waals surface area contributed by atoms with Crippen LogP contribution in [0.5, 0.6) is 0 Å². The lowest BCUT2D eigenvalue weighted by molar-refractivity contribution is -0.139. The van der Waals surface area contributed by atoms with Crippen molar-refractivity contribution in [1.29, 1.82) is 0 Å². The molecule has 0 aromatic carbocycles. The summed E-state index contributed by atoms with van der Waals surface area (Å²) in [4.78, 5) is 24.3. The van der Waals surface area contributed by atoms with Crippen molar-refractivity contribution in [3.63, 3.8) is 0 Å². The molecule has 2 aliphatic rings. The van der Waals surface area contributed by atoms with E-state index in [1.165, 1.54) is 0 Å². The first-order valence-corrected chi connectivity index (χ1v) is 6.00. The van der Waals surface area contributed by atoms with Crippen LogP contribution in [0.2, 0.25) is 0 Å². The van der Waals surface area contributed by atoms with Crippen LogP contribution in [0.4, 0.5) is 4.79 Å². The van der Waals surface area contributed by atoms with Crippen molar-refractivity contribution in [2.75, 3.05) is 13.1 Å². The zero-order chi connectivity index (χ0) is 12.8. The van der Waals surface area contributed by atoms with Crippen molar-refractivity contribution >= 4 is 12.1 Å². The maximum atomic E-state index is 11.8. The normalized spacial score (nSPS) is 31.7. The third kappa shape index (κ3) is 2.53. The fourth-order valence-electron chi connectivity index (χ4n) is 2.60. The minimum atomic E-state index is -0.731. The highest BCUT2D eigenvalue weighted by Gasteiger charge is 2.57. The third-order valence-corrected chi connectivity index (χ3v) is 3.43. The van der Waals surface area contributed by atoms with E-state index in [1.807, 2.05) is 20.8 Å². The maximum absolute atomic E-state index is 11.8. The summed E-state index contributed by atoms with van der Waals surface area (Å²) in [6.45, 7) is 6.62. The highest BCUT2D eigenvalue weighted by Crippen LogP contribution is 2.51. The van der Waals surface area contributed by atoms with Gasteiger partial charge < -0.3 is 14.7 Å². The van der Waals surface area contributed by atoms with Crippen LogP contribution in [0.25, 0.3) is 0 Å². The molecular formula is C12H19NO4. The molecule has 1 aliphatic heterocycles. The van der Waals surface area contributed by atoms with Crippen molar-refractivity contribution in [1.82, 2.24) is 4.90 Å². The molecule has 1 N–H and O–H groups in total. The van der Waals surface area contributed by atoms with Crippen LogP contribution in [0.3, 0.4) is 0 Å². The first kappa shape index (κ1) is 12.2. The number of carboxylic acid groups (broad SMARTS) is 1. The van der Waals surface area contributed by atoms with Crippen LogP contribution >= 0.6 is 0 Å². The van der Waals surface area contributed by atoms with Crippen molar-refractivity contribution in [3.8, 4) is 0 Å². The van der Waals surface area contributed by atoms with E-state index < -0.39 is 11.6 Å². The van der Waals surface area contributed by atoms with Gasteiger partial charge >= 0.3 is 12.1 Å². The van der Waals surface area contributed by atoms with Crippen molar-refractivity contribution < 1.29 is 19.4 Å². The Labute approximate surface area is 101 Å². The van der Waals surface area contributed by atoms with Crippen molar-refractivity contribution in [3.05, 3.63) is 0 Å². The second-order valence-corrected chi connectivity index (χ2v) is 5.91. The molecule has 1 saturated heterocycles. The number of hydrogen-bond donors (Lipinski definition) is 1. The highest BCUT2D eigenvalue weighted by atomic mass is 16.6. The molecule has 0 spiro atoms. The van der Waals surface area contributed by atoms with Gasteiger partial charge in [0.15, 0.2) is 0 Å². The average Bonchev–Trinajstić information content (AvgIpc) is 2.87. The topological polar surface area (TPSA) is 66.8 Å². The number of fused-ring (bicyclic) bond motifs is 1. The molecule has 0 radical (unpaired) electrons. The Morgan fingerprint density at radius 1 is 1.29 bits per heavy atom. The molecule has 17 heavy (non-hydrogen) atoms. The van der Waals surface area contributed by atoms with E-state index in [2.05, 4.69) is 0 Å². The van der Waals surface area contributed by atoms with Crippen molar-refractivity contribution in [2.45, 2.75) is 32.8 Å². The van der Waals surface area contributed by atoms with Gasteiger partial charge in [0.25, 0.3) is 0 Å². The number of aliphatic carboxylic acids is 1. The summed E-state index contributed by atoms with van der Waals surface area (Å²) in [5, 5.41) is 8.96. The van der Waals surface area contributed by atoms with E-state index in [9.17, 15) is 9.59 Å². The summed E-state index contributed by atoms with van der Waals surface area (Å²) < 4.78 is 5.28. The zero-order valence-electron chi connectivity index (χ0n) is 10.5. The molecule has 3 atom stereocenters. The number of piperidine rings is 1. The molecule has 1 aliphatic carbocycles. The van der Waals surface area contributed by atoms with Gasteiger partial charge in [0, 0.05) is 13.1 Å². The molecule has 5 nitrogen and oxygen atoms in total. The van der Waals surface area contributed by atoms with Gasteiger partial charge in [-0.2, -0.15) is 0 Å². The van der Waals surface area contributed by atoms with Crippen LogP contribution in [-0.4, -0.2) is 40.8 Å². The van der Waals surface area contributed by atoms with Crippen LogP contribution in [0.1, 0.15) is 27.2 Å². The fraction of sp³-hybridized carbons (Fsp3) is 0.833. The molecular weight excluding hydrogens is 222 g/mol. The highest BCUT2D eigenvalue weighted by molar-refractivity contribution is 5.75. The van der Waals surface area contributed by atoms with E-state index >= 15 is 0 Å². The minimum absolute atomic E-state index is 0.133. The number of carboxylic acids is 1. The smallest absolute Gasteiger partial charge is 0.410 e. The van der Waals surface area contributed by atoms with E-state index in [0.717, 1.165) is 6.42 Å². The SMILES string of the molecule is CC(C)(C)OC(=O)N1CC[C@@H]2[C@H](C1)[C@@H]2C(=O)O. The number of carbonyl (C=O) groups is 2. The molecule has 0 bridgehead atoms. The Kier molecular flexibility index (Phi) is 2.79. The van der Waals surface area contributed by atoms with Gasteiger partial charge in [-0.25, -0.2) is 4.79 Å². The first-order chi connectivity index (χ1) is 7.79. The Hall–Kier alpha value is -1.26. The van der Waals surface area contributed by atoms with Gasteiger partial charge in [0.2, 0.25) is 0 Å². The quantitative estimate of drug-likeness (QED) is 0.756. The van der Waals surface area contributed by atoms with Crippen molar-refractivity contribution in [2.24, 2.45) is 17.8 Å². The van der Waals surface area contributed by atoms with E-state index in [4.69, 9.17) is 9.84 Å². The third-order valence-electron chi connectivity index (χ3n) is 3.43. The summed E-state index contributed by atoms with van der Waals surface area (Å²) in [6.07, 6.45) is 0.452. The maximum Gasteiger partial charge on any atom is 0.410 e. The molecule has 0 aromatic heterocycles. The van der Waals surface area contributed by atoms with Crippen LogP contribution in [-0.2, 0) is 9.53 Å².